The Morgan fingerprint density at radius 3 is 2.82 bits per heavy atom. The normalized spacial score (nSPS) is 37.1. The van der Waals surface area contributed by atoms with Gasteiger partial charge in [0.25, 0.3) is 0 Å². The summed E-state index contributed by atoms with van der Waals surface area (Å²) < 4.78 is 0. The van der Waals surface area contributed by atoms with Gasteiger partial charge in [0.1, 0.15) is 12.3 Å². The lowest BCUT2D eigenvalue weighted by Gasteiger charge is -2.47. The second-order valence-corrected chi connectivity index (χ2v) is 4.72. The third-order valence-electron chi connectivity index (χ3n) is 3.75. The standard InChI is InChI=1S/C11H17N3O3/c1-6-8-3-4-12-14(7(2)16)10(8)11(17)13-9(6)5-15/h5-6,8-10,12H,3-4H2,1-2H3,(H,13,17). The van der Waals surface area contributed by atoms with Crippen molar-refractivity contribution < 1.29 is 14.4 Å². The fourth-order valence-corrected chi connectivity index (χ4v) is 2.77. The Hall–Kier alpha value is -1.43. The molecular weight excluding hydrogens is 222 g/mol. The van der Waals surface area contributed by atoms with Gasteiger partial charge in [-0.05, 0) is 18.3 Å². The van der Waals surface area contributed by atoms with E-state index in [1.807, 2.05) is 6.92 Å². The van der Waals surface area contributed by atoms with Gasteiger partial charge in [0.15, 0.2) is 0 Å². The van der Waals surface area contributed by atoms with Crippen LogP contribution < -0.4 is 10.7 Å². The highest BCUT2D eigenvalue weighted by molar-refractivity contribution is 5.90. The number of carbonyl (C=O) groups is 3. The Balaban J connectivity index is 2.27. The second-order valence-electron chi connectivity index (χ2n) is 4.72. The molecule has 2 N–H and O–H groups in total. The maximum Gasteiger partial charge on any atom is 0.245 e. The predicted octanol–water partition coefficient (Wildman–Crippen LogP) is -0.939. The molecule has 0 saturated carbocycles. The molecule has 4 atom stereocenters. The molecule has 2 fully saturated rings. The van der Waals surface area contributed by atoms with Crippen LogP contribution in [0.5, 0.6) is 0 Å². The van der Waals surface area contributed by atoms with Crippen LogP contribution in [0.4, 0.5) is 0 Å². The zero-order chi connectivity index (χ0) is 12.6. The van der Waals surface area contributed by atoms with Gasteiger partial charge in [-0.25, -0.2) is 5.43 Å². The summed E-state index contributed by atoms with van der Waals surface area (Å²) in [5.41, 5.74) is 2.94. The smallest absolute Gasteiger partial charge is 0.245 e. The first-order valence-electron chi connectivity index (χ1n) is 5.85. The molecule has 17 heavy (non-hydrogen) atoms. The Labute approximate surface area is 99.7 Å². The van der Waals surface area contributed by atoms with Crippen LogP contribution in [-0.2, 0) is 14.4 Å². The van der Waals surface area contributed by atoms with Crippen LogP contribution in [0.15, 0.2) is 0 Å². The SMILES string of the molecule is CC(=O)N1NCCC2C(C)C(C=O)NC(=O)C21. The van der Waals surface area contributed by atoms with Gasteiger partial charge < -0.3 is 10.1 Å². The van der Waals surface area contributed by atoms with Crippen LogP contribution in [0.2, 0.25) is 0 Å². The van der Waals surface area contributed by atoms with Crippen molar-refractivity contribution in [3.63, 3.8) is 0 Å². The van der Waals surface area contributed by atoms with E-state index in [-0.39, 0.29) is 23.7 Å². The molecule has 0 aliphatic carbocycles. The van der Waals surface area contributed by atoms with Crippen molar-refractivity contribution in [2.75, 3.05) is 6.54 Å². The van der Waals surface area contributed by atoms with E-state index in [2.05, 4.69) is 10.7 Å². The lowest BCUT2D eigenvalue weighted by atomic mass is 9.76. The minimum Gasteiger partial charge on any atom is -0.344 e. The molecule has 2 saturated heterocycles. The molecule has 6 heteroatoms. The van der Waals surface area contributed by atoms with E-state index in [0.29, 0.717) is 6.54 Å². The van der Waals surface area contributed by atoms with Gasteiger partial charge in [-0.2, -0.15) is 0 Å². The molecule has 0 aromatic carbocycles. The van der Waals surface area contributed by atoms with Gasteiger partial charge in [0, 0.05) is 13.5 Å². The summed E-state index contributed by atoms with van der Waals surface area (Å²) in [4.78, 5) is 34.3. The summed E-state index contributed by atoms with van der Waals surface area (Å²) in [6, 6.07) is -0.928. The topological polar surface area (TPSA) is 78.5 Å². The number of rotatable bonds is 1. The number of aldehydes is 1. The lowest BCUT2D eigenvalue weighted by Crippen LogP contribution is -2.68. The first kappa shape index (κ1) is 12.0. The van der Waals surface area contributed by atoms with Crippen LogP contribution in [0.1, 0.15) is 20.3 Å². The largest absolute Gasteiger partial charge is 0.344 e. The number of hydrogen-bond donors (Lipinski definition) is 2. The van der Waals surface area contributed by atoms with Gasteiger partial charge in [-0.3, -0.25) is 14.6 Å². The number of nitrogens with zero attached hydrogens (tertiary/aromatic N) is 1. The predicted molar refractivity (Wildman–Crippen MR) is 59.6 cm³/mol. The average molecular weight is 239 g/mol. The highest BCUT2D eigenvalue weighted by atomic mass is 16.2. The van der Waals surface area contributed by atoms with Gasteiger partial charge in [0.05, 0.1) is 6.04 Å². The van der Waals surface area contributed by atoms with E-state index in [0.717, 1.165) is 12.7 Å². The van der Waals surface area contributed by atoms with Gasteiger partial charge in [0.2, 0.25) is 11.8 Å². The van der Waals surface area contributed by atoms with Crippen LogP contribution in [-0.4, -0.2) is 41.7 Å². The van der Waals surface area contributed by atoms with Crippen LogP contribution >= 0.6 is 0 Å². The minimum absolute atomic E-state index is 0.0455. The average Bonchev–Trinajstić information content (AvgIpc) is 2.32. The third-order valence-corrected chi connectivity index (χ3v) is 3.75. The molecule has 6 nitrogen and oxygen atoms in total. The molecule has 0 radical (unpaired) electrons. The van der Waals surface area contributed by atoms with Crippen LogP contribution in [0, 0.1) is 11.8 Å². The highest BCUT2D eigenvalue weighted by Gasteiger charge is 2.47. The second kappa shape index (κ2) is 4.44. The minimum atomic E-state index is -0.493. The van der Waals surface area contributed by atoms with Gasteiger partial charge >= 0.3 is 0 Å². The fraction of sp³-hybridized carbons (Fsp3) is 0.727. The van der Waals surface area contributed by atoms with E-state index in [4.69, 9.17) is 0 Å². The van der Waals surface area contributed by atoms with E-state index in [1.54, 1.807) is 0 Å². The fourth-order valence-electron chi connectivity index (χ4n) is 2.77. The van der Waals surface area contributed by atoms with Crippen molar-refractivity contribution in [3.05, 3.63) is 0 Å². The summed E-state index contributed by atoms with van der Waals surface area (Å²) in [6.45, 7) is 4.03. The van der Waals surface area contributed by atoms with Crippen molar-refractivity contribution in [2.45, 2.75) is 32.4 Å². The molecule has 0 aromatic heterocycles. The van der Waals surface area contributed by atoms with Crippen LogP contribution in [0.25, 0.3) is 0 Å². The van der Waals surface area contributed by atoms with Crippen molar-refractivity contribution in [3.8, 4) is 0 Å². The first-order valence-corrected chi connectivity index (χ1v) is 5.85. The van der Waals surface area contributed by atoms with E-state index in [1.165, 1.54) is 11.9 Å². The zero-order valence-corrected chi connectivity index (χ0v) is 9.97. The molecule has 94 valence electrons. The van der Waals surface area contributed by atoms with Crippen LogP contribution in [0.3, 0.4) is 0 Å². The quantitative estimate of drug-likeness (QED) is 0.579. The third kappa shape index (κ3) is 1.93. The molecule has 2 rings (SSSR count). The monoisotopic (exact) mass is 239 g/mol. The summed E-state index contributed by atoms with van der Waals surface area (Å²) in [5.74, 6) is -0.317. The molecule has 0 spiro atoms. The Morgan fingerprint density at radius 2 is 2.24 bits per heavy atom. The number of hydrogen-bond acceptors (Lipinski definition) is 4. The number of fused-ring (bicyclic) bond motifs is 1. The molecule has 2 heterocycles. The maximum absolute atomic E-state index is 12.0. The lowest BCUT2D eigenvalue weighted by molar-refractivity contribution is -0.154. The van der Waals surface area contributed by atoms with Crippen molar-refractivity contribution in [2.24, 2.45) is 11.8 Å². The Kier molecular flexibility index (Phi) is 3.15. The van der Waals surface area contributed by atoms with E-state index >= 15 is 0 Å². The van der Waals surface area contributed by atoms with E-state index in [9.17, 15) is 14.4 Å². The van der Waals surface area contributed by atoms with Gasteiger partial charge in [-0.15, -0.1) is 0 Å². The number of amides is 2. The Bertz CT molecular complexity index is 358. The number of carbonyl (C=O) groups excluding carboxylic acids is 3. The highest BCUT2D eigenvalue weighted by Crippen LogP contribution is 2.31. The molecular formula is C11H17N3O3. The molecule has 4 unspecified atom stereocenters. The number of piperidine rings is 1. The maximum atomic E-state index is 12.0. The van der Waals surface area contributed by atoms with Gasteiger partial charge in [-0.1, -0.05) is 6.92 Å². The van der Waals surface area contributed by atoms with Crippen molar-refractivity contribution in [1.82, 2.24) is 15.8 Å². The first-order chi connectivity index (χ1) is 8.06. The molecule has 2 amide bonds. The molecule has 0 aromatic rings. The zero-order valence-electron chi connectivity index (χ0n) is 9.97. The molecule has 2 aliphatic rings. The molecule has 2 aliphatic heterocycles. The van der Waals surface area contributed by atoms with E-state index < -0.39 is 12.1 Å². The van der Waals surface area contributed by atoms with Crippen molar-refractivity contribution in [1.29, 1.82) is 0 Å². The number of nitrogens with one attached hydrogen (secondary N) is 2. The molecule has 0 bridgehead atoms. The van der Waals surface area contributed by atoms with Crippen molar-refractivity contribution >= 4 is 18.1 Å². The summed E-state index contributed by atoms with van der Waals surface area (Å²) in [7, 11) is 0. The Morgan fingerprint density at radius 1 is 1.53 bits per heavy atom. The summed E-state index contributed by atoms with van der Waals surface area (Å²) in [5, 5.41) is 4.05. The summed E-state index contributed by atoms with van der Waals surface area (Å²) >= 11 is 0. The summed E-state index contributed by atoms with van der Waals surface area (Å²) in [6.07, 6.45) is 1.58. The number of hydrazine groups is 1.